The van der Waals surface area contributed by atoms with Crippen molar-refractivity contribution in [3.05, 3.63) is 17.0 Å². The predicted molar refractivity (Wildman–Crippen MR) is 58.5 cm³/mol. The molecule has 84 valence electrons. The minimum Gasteiger partial charge on any atom is -0.387 e. The van der Waals surface area contributed by atoms with Crippen LogP contribution >= 0.6 is 0 Å². The summed E-state index contributed by atoms with van der Waals surface area (Å²) in [5.41, 5.74) is 8.90. The van der Waals surface area contributed by atoms with Gasteiger partial charge in [0.05, 0.1) is 17.5 Å². The van der Waals surface area contributed by atoms with Gasteiger partial charge in [-0.1, -0.05) is 0 Å². The van der Waals surface area contributed by atoms with E-state index in [0.29, 0.717) is 13.0 Å². The quantitative estimate of drug-likeness (QED) is 0.769. The lowest BCUT2D eigenvalue weighted by molar-refractivity contribution is 0.159. The number of aliphatic hydroxyl groups is 1. The number of hydrogen-bond donors (Lipinski definition) is 2. The first-order valence-electron chi connectivity index (χ1n) is 5.66. The van der Waals surface area contributed by atoms with Crippen LogP contribution in [0.4, 0.5) is 0 Å². The van der Waals surface area contributed by atoms with E-state index in [4.69, 9.17) is 5.73 Å². The lowest BCUT2D eigenvalue weighted by Gasteiger charge is -2.15. The van der Waals surface area contributed by atoms with Gasteiger partial charge < -0.3 is 10.8 Å². The van der Waals surface area contributed by atoms with E-state index in [1.807, 2.05) is 11.7 Å². The molecule has 1 aliphatic carbocycles. The van der Waals surface area contributed by atoms with Gasteiger partial charge >= 0.3 is 0 Å². The maximum Gasteiger partial charge on any atom is 0.0971 e. The molecule has 1 aromatic rings. The van der Waals surface area contributed by atoms with Crippen LogP contribution < -0.4 is 5.73 Å². The van der Waals surface area contributed by atoms with Gasteiger partial charge in [-0.25, -0.2) is 0 Å². The van der Waals surface area contributed by atoms with Crippen molar-refractivity contribution in [3.8, 4) is 0 Å². The standard InChI is InChI=1S/C11H19N3O/c1-14-11(10(15)6-7-12)8-4-2-3-5-9(8)13-14/h10,15H,2-7,12H2,1H3. The molecule has 0 radical (unpaired) electrons. The summed E-state index contributed by atoms with van der Waals surface area (Å²) in [6.45, 7) is 0.515. The first-order valence-corrected chi connectivity index (χ1v) is 5.66. The maximum absolute atomic E-state index is 10.0. The van der Waals surface area contributed by atoms with Crippen LogP contribution in [0, 0.1) is 0 Å². The number of aryl methyl sites for hydroxylation is 2. The van der Waals surface area contributed by atoms with Crippen LogP contribution in [-0.2, 0) is 19.9 Å². The predicted octanol–water partition coefficient (Wildman–Crippen LogP) is 0.681. The van der Waals surface area contributed by atoms with Crippen molar-refractivity contribution >= 4 is 0 Å². The maximum atomic E-state index is 10.0. The van der Waals surface area contributed by atoms with E-state index in [9.17, 15) is 5.11 Å². The Morgan fingerprint density at radius 1 is 1.47 bits per heavy atom. The molecule has 15 heavy (non-hydrogen) atoms. The third-order valence-corrected chi connectivity index (χ3v) is 3.12. The van der Waals surface area contributed by atoms with E-state index < -0.39 is 6.10 Å². The molecule has 1 heterocycles. The molecule has 3 N–H and O–H groups in total. The molecule has 4 heteroatoms. The Hall–Kier alpha value is -0.870. The lowest BCUT2D eigenvalue weighted by atomic mass is 9.94. The van der Waals surface area contributed by atoms with E-state index in [0.717, 1.165) is 18.5 Å². The van der Waals surface area contributed by atoms with Gasteiger partial charge in [0.1, 0.15) is 0 Å². The van der Waals surface area contributed by atoms with Crippen LogP contribution in [-0.4, -0.2) is 21.4 Å². The highest BCUT2D eigenvalue weighted by atomic mass is 16.3. The van der Waals surface area contributed by atoms with Crippen molar-refractivity contribution in [1.29, 1.82) is 0 Å². The number of nitrogens with zero attached hydrogens (tertiary/aromatic N) is 2. The van der Waals surface area contributed by atoms with Crippen LogP contribution in [0.1, 0.15) is 42.3 Å². The fourth-order valence-electron chi connectivity index (χ4n) is 2.42. The molecular formula is C11H19N3O. The van der Waals surface area contributed by atoms with Crippen molar-refractivity contribution in [3.63, 3.8) is 0 Å². The van der Waals surface area contributed by atoms with Crippen LogP contribution in [0.25, 0.3) is 0 Å². The van der Waals surface area contributed by atoms with E-state index >= 15 is 0 Å². The van der Waals surface area contributed by atoms with Crippen LogP contribution in [0.3, 0.4) is 0 Å². The highest BCUT2D eigenvalue weighted by molar-refractivity contribution is 5.30. The molecule has 0 saturated carbocycles. The minimum atomic E-state index is -0.450. The highest BCUT2D eigenvalue weighted by Crippen LogP contribution is 2.28. The average Bonchev–Trinajstić information content (AvgIpc) is 2.54. The summed E-state index contributed by atoms with van der Waals surface area (Å²) in [5.74, 6) is 0. The highest BCUT2D eigenvalue weighted by Gasteiger charge is 2.23. The third-order valence-electron chi connectivity index (χ3n) is 3.12. The summed E-state index contributed by atoms with van der Waals surface area (Å²) < 4.78 is 1.83. The third kappa shape index (κ3) is 1.92. The number of aliphatic hydroxyl groups excluding tert-OH is 1. The first kappa shape index (κ1) is 10.6. The Morgan fingerprint density at radius 2 is 2.20 bits per heavy atom. The average molecular weight is 209 g/mol. The van der Waals surface area contributed by atoms with Gasteiger partial charge in [0.25, 0.3) is 0 Å². The van der Waals surface area contributed by atoms with Gasteiger partial charge in [-0.3, -0.25) is 4.68 Å². The number of fused-ring (bicyclic) bond motifs is 1. The molecule has 4 nitrogen and oxygen atoms in total. The van der Waals surface area contributed by atoms with Crippen molar-refractivity contribution in [2.24, 2.45) is 12.8 Å². The summed E-state index contributed by atoms with van der Waals surface area (Å²) in [5, 5.41) is 14.5. The largest absolute Gasteiger partial charge is 0.387 e. The molecule has 1 atom stereocenters. The molecule has 0 amide bonds. The fourth-order valence-corrected chi connectivity index (χ4v) is 2.42. The Bertz CT molecular complexity index is 346. The summed E-state index contributed by atoms with van der Waals surface area (Å²) in [7, 11) is 1.91. The number of aromatic nitrogens is 2. The molecule has 0 saturated heterocycles. The Balaban J connectivity index is 2.32. The summed E-state index contributed by atoms with van der Waals surface area (Å²) in [6.07, 6.45) is 4.71. The van der Waals surface area contributed by atoms with E-state index in [-0.39, 0.29) is 0 Å². The molecule has 0 aliphatic heterocycles. The molecule has 1 aliphatic rings. The molecule has 0 spiro atoms. The van der Waals surface area contributed by atoms with Gasteiger partial charge in [-0.05, 0) is 44.2 Å². The number of nitrogens with two attached hydrogens (primary N) is 1. The summed E-state index contributed by atoms with van der Waals surface area (Å²) in [4.78, 5) is 0. The van der Waals surface area contributed by atoms with Crippen molar-refractivity contribution in [1.82, 2.24) is 9.78 Å². The van der Waals surface area contributed by atoms with Crippen LogP contribution in [0.5, 0.6) is 0 Å². The molecule has 0 fully saturated rings. The van der Waals surface area contributed by atoms with Gasteiger partial charge in [0, 0.05) is 7.05 Å². The Morgan fingerprint density at radius 3 is 2.93 bits per heavy atom. The zero-order valence-electron chi connectivity index (χ0n) is 9.24. The van der Waals surface area contributed by atoms with Crippen LogP contribution in [0.15, 0.2) is 0 Å². The van der Waals surface area contributed by atoms with Crippen molar-refractivity contribution in [2.45, 2.75) is 38.2 Å². The van der Waals surface area contributed by atoms with E-state index in [2.05, 4.69) is 5.10 Å². The molecule has 0 aromatic carbocycles. The van der Waals surface area contributed by atoms with Crippen molar-refractivity contribution < 1.29 is 5.11 Å². The first-order chi connectivity index (χ1) is 7.24. The number of hydrogen-bond acceptors (Lipinski definition) is 3. The summed E-state index contributed by atoms with van der Waals surface area (Å²) in [6, 6.07) is 0. The number of rotatable bonds is 3. The molecule has 1 aromatic heterocycles. The lowest BCUT2D eigenvalue weighted by Crippen LogP contribution is -2.12. The van der Waals surface area contributed by atoms with Gasteiger partial charge in [0.2, 0.25) is 0 Å². The van der Waals surface area contributed by atoms with Gasteiger partial charge in [-0.2, -0.15) is 5.10 Å². The van der Waals surface area contributed by atoms with Gasteiger partial charge in [-0.15, -0.1) is 0 Å². The second kappa shape index (κ2) is 4.33. The molecular weight excluding hydrogens is 190 g/mol. The second-order valence-electron chi connectivity index (χ2n) is 4.23. The zero-order valence-corrected chi connectivity index (χ0v) is 9.24. The Kier molecular flexibility index (Phi) is 3.07. The van der Waals surface area contributed by atoms with E-state index in [1.54, 1.807) is 0 Å². The summed E-state index contributed by atoms with van der Waals surface area (Å²) >= 11 is 0. The van der Waals surface area contributed by atoms with Crippen LogP contribution in [0.2, 0.25) is 0 Å². The molecule has 1 unspecified atom stereocenters. The fraction of sp³-hybridized carbons (Fsp3) is 0.727. The smallest absolute Gasteiger partial charge is 0.0971 e. The van der Waals surface area contributed by atoms with E-state index in [1.165, 1.54) is 24.1 Å². The van der Waals surface area contributed by atoms with Gasteiger partial charge in [0.15, 0.2) is 0 Å². The molecule has 0 bridgehead atoms. The monoisotopic (exact) mass is 209 g/mol. The Labute approximate surface area is 90.1 Å². The normalized spacial score (nSPS) is 17.5. The molecule has 2 rings (SSSR count). The second-order valence-corrected chi connectivity index (χ2v) is 4.23. The topological polar surface area (TPSA) is 64.1 Å². The minimum absolute atomic E-state index is 0.450. The van der Waals surface area contributed by atoms with Crippen molar-refractivity contribution in [2.75, 3.05) is 6.54 Å². The SMILES string of the molecule is Cn1nc2c(c1C(O)CCN)CCCC2. The zero-order chi connectivity index (χ0) is 10.8.